The normalized spacial score (nSPS) is 15.6. The van der Waals surface area contributed by atoms with Gasteiger partial charge in [0.2, 0.25) is 5.91 Å². The molecule has 0 aromatic heterocycles. The van der Waals surface area contributed by atoms with Crippen molar-refractivity contribution in [1.29, 1.82) is 0 Å². The van der Waals surface area contributed by atoms with E-state index in [2.05, 4.69) is 36.3 Å². The number of benzene rings is 3. The van der Waals surface area contributed by atoms with Crippen molar-refractivity contribution >= 4 is 29.1 Å². The summed E-state index contributed by atoms with van der Waals surface area (Å²) in [5, 5.41) is 6.38. The number of methoxy groups -OCH3 is 1. The number of nitrogens with one attached hydrogen (secondary N) is 2. The summed E-state index contributed by atoms with van der Waals surface area (Å²) in [6, 6.07) is 20.8. The number of hydrogen-bond acceptors (Lipinski definition) is 6. The average Bonchev–Trinajstić information content (AvgIpc) is 3.05. The number of nitrogens with zero attached hydrogens (tertiary/aromatic N) is 3. The maximum Gasteiger partial charge on any atom is 0.255 e. The van der Waals surface area contributed by atoms with Crippen molar-refractivity contribution in [2.45, 2.75) is 32.6 Å². The van der Waals surface area contributed by atoms with Gasteiger partial charge in [-0.3, -0.25) is 14.4 Å². The van der Waals surface area contributed by atoms with Crippen LogP contribution in [0.2, 0.25) is 0 Å². The van der Waals surface area contributed by atoms with Crippen LogP contribution in [0.5, 0.6) is 5.75 Å². The Balaban J connectivity index is 1.32. The third-order valence-corrected chi connectivity index (χ3v) is 8.40. The Hall–Kier alpha value is -4.37. The smallest absolute Gasteiger partial charge is 0.255 e. The van der Waals surface area contributed by atoms with Gasteiger partial charge in [-0.25, -0.2) is 0 Å². The molecule has 2 N–H and O–H groups in total. The van der Waals surface area contributed by atoms with E-state index in [1.165, 1.54) is 0 Å². The van der Waals surface area contributed by atoms with Crippen molar-refractivity contribution in [3.8, 4) is 5.75 Å². The van der Waals surface area contributed by atoms with Crippen LogP contribution in [-0.2, 0) is 16.6 Å². The molecule has 2 aliphatic rings. The Morgan fingerprint density at radius 2 is 1.43 bits per heavy atom. The minimum absolute atomic E-state index is 0.0149. The Labute approximate surface area is 260 Å². The van der Waals surface area contributed by atoms with Gasteiger partial charge >= 0.3 is 0 Å². The second-order valence-corrected chi connectivity index (χ2v) is 12.4. The molecule has 0 bridgehead atoms. The van der Waals surface area contributed by atoms with E-state index >= 15 is 0 Å². The van der Waals surface area contributed by atoms with Crippen molar-refractivity contribution in [2.24, 2.45) is 0 Å². The van der Waals surface area contributed by atoms with Crippen LogP contribution in [-0.4, -0.2) is 87.0 Å². The lowest BCUT2D eigenvalue weighted by Crippen LogP contribution is -2.49. The molecule has 44 heavy (non-hydrogen) atoms. The second-order valence-electron chi connectivity index (χ2n) is 12.4. The van der Waals surface area contributed by atoms with Gasteiger partial charge in [-0.05, 0) is 59.0 Å². The summed E-state index contributed by atoms with van der Waals surface area (Å²) in [7, 11) is 1.62. The molecule has 0 atom stereocenters. The van der Waals surface area contributed by atoms with Crippen LogP contribution in [0.15, 0.2) is 66.7 Å². The monoisotopic (exact) mass is 597 g/mol. The number of hydrogen-bond donors (Lipinski definition) is 2. The highest BCUT2D eigenvalue weighted by Gasteiger charge is 2.25. The summed E-state index contributed by atoms with van der Waals surface area (Å²) in [4.78, 5) is 45.8. The Morgan fingerprint density at radius 3 is 2.05 bits per heavy atom. The molecule has 232 valence electrons. The minimum Gasteiger partial charge on any atom is -0.497 e. The zero-order valence-corrected chi connectivity index (χ0v) is 26.2. The lowest BCUT2D eigenvalue weighted by Gasteiger charge is -2.37. The fourth-order valence-corrected chi connectivity index (χ4v) is 5.64. The van der Waals surface area contributed by atoms with Crippen LogP contribution in [0, 0.1) is 0 Å². The van der Waals surface area contributed by atoms with E-state index in [0.29, 0.717) is 62.5 Å². The van der Waals surface area contributed by atoms with Crippen molar-refractivity contribution in [3.63, 3.8) is 0 Å². The SMILES string of the molecule is COc1ccc(CC(=O)N2CCN(c3ccc(C(=O)N4CCNCC4)cc3NC(=O)c3ccc(C(C)(C)C)cc3)CC2)cc1. The van der Waals surface area contributed by atoms with Crippen LogP contribution in [0.25, 0.3) is 0 Å². The molecule has 2 saturated heterocycles. The van der Waals surface area contributed by atoms with Crippen LogP contribution >= 0.6 is 0 Å². The summed E-state index contributed by atoms with van der Waals surface area (Å²) in [5.74, 6) is 0.572. The molecule has 0 aliphatic carbocycles. The Bertz CT molecular complexity index is 1470. The van der Waals surface area contributed by atoms with Gasteiger partial charge in [0.1, 0.15) is 5.75 Å². The van der Waals surface area contributed by atoms with Crippen LogP contribution in [0.4, 0.5) is 11.4 Å². The number of carbonyl (C=O) groups is 3. The summed E-state index contributed by atoms with van der Waals surface area (Å²) in [6.45, 7) is 11.6. The first kappa shape index (κ1) is 31.1. The molecule has 3 aromatic rings. The maximum absolute atomic E-state index is 13.5. The van der Waals surface area contributed by atoms with Gasteiger partial charge < -0.3 is 30.1 Å². The average molecular weight is 598 g/mol. The highest BCUT2D eigenvalue weighted by molar-refractivity contribution is 6.07. The number of piperazine rings is 2. The molecule has 2 aliphatic heterocycles. The molecular formula is C35H43N5O4. The minimum atomic E-state index is -0.230. The standard InChI is InChI=1S/C35H43N5O4/c1-35(2,3)28-10-7-26(8-11-28)33(42)37-30-24-27(34(43)40-17-15-36-16-18-40)9-14-31(30)38-19-21-39(22-20-38)32(41)23-25-5-12-29(44-4)13-6-25/h5-14,24,36H,15-23H2,1-4H3,(H,37,42). The largest absolute Gasteiger partial charge is 0.497 e. The van der Waals surface area contributed by atoms with Crippen LogP contribution in [0.3, 0.4) is 0 Å². The van der Waals surface area contributed by atoms with E-state index in [9.17, 15) is 14.4 Å². The number of rotatable bonds is 7. The van der Waals surface area contributed by atoms with E-state index in [-0.39, 0.29) is 23.1 Å². The number of amides is 3. The van der Waals surface area contributed by atoms with Crippen molar-refractivity contribution in [3.05, 3.63) is 89.0 Å². The third kappa shape index (κ3) is 7.39. The predicted molar refractivity (Wildman–Crippen MR) is 174 cm³/mol. The highest BCUT2D eigenvalue weighted by Crippen LogP contribution is 2.30. The Kier molecular flexibility index (Phi) is 9.54. The zero-order valence-electron chi connectivity index (χ0n) is 26.2. The lowest BCUT2D eigenvalue weighted by molar-refractivity contribution is -0.130. The van der Waals surface area contributed by atoms with Gasteiger partial charge in [0, 0.05) is 63.5 Å². The number of carbonyl (C=O) groups excluding carboxylic acids is 3. The lowest BCUT2D eigenvalue weighted by atomic mass is 9.86. The fourth-order valence-electron chi connectivity index (χ4n) is 5.64. The molecular weight excluding hydrogens is 554 g/mol. The molecule has 0 radical (unpaired) electrons. The molecule has 5 rings (SSSR count). The summed E-state index contributed by atoms with van der Waals surface area (Å²) >= 11 is 0. The highest BCUT2D eigenvalue weighted by atomic mass is 16.5. The molecule has 3 amide bonds. The Morgan fingerprint density at radius 1 is 0.795 bits per heavy atom. The van der Waals surface area contributed by atoms with Crippen molar-refractivity contribution < 1.29 is 19.1 Å². The van der Waals surface area contributed by atoms with Gasteiger partial charge in [0.05, 0.1) is 24.9 Å². The molecule has 9 nitrogen and oxygen atoms in total. The van der Waals surface area contributed by atoms with Crippen molar-refractivity contribution in [2.75, 3.05) is 69.7 Å². The first-order chi connectivity index (χ1) is 21.1. The summed E-state index contributed by atoms with van der Waals surface area (Å²) in [5.41, 5.74) is 4.61. The van der Waals surface area contributed by atoms with Crippen LogP contribution in [0.1, 0.15) is 52.6 Å². The molecule has 0 saturated carbocycles. The van der Waals surface area contributed by atoms with Gasteiger partial charge in [0.25, 0.3) is 11.8 Å². The molecule has 3 aromatic carbocycles. The third-order valence-electron chi connectivity index (χ3n) is 8.40. The summed E-state index contributed by atoms with van der Waals surface area (Å²) in [6.07, 6.45) is 0.335. The first-order valence-corrected chi connectivity index (χ1v) is 15.3. The quantitative estimate of drug-likeness (QED) is 0.425. The van der Waals surface area contributed by atoms with E-state index in [1.54, 1.807) is 13.2 Å². The van der Waals surface area contributed by atoms with Crippen molar-refractivity contribution in [1.82, 2.24) is 15.1 Å². The van der Waals surface area contributed by atoms with E-state index in [1.807, 2.05) is 70.5 Å². The maximum atomic E-state index is 13.5. The zero-order chi connectivity index (χ0) is 31.3. The molecule has 2 heterocycles. The van der Waals surface area contributed by atoms with Crippen LogP contribution < -0.4 is 20.3 Å². The number of ether oxygens (including phenoxy) is 1. The predicted octanol–water partition coefficient (Wildman–Crippen LogP) is 4.18. The van der Waals surface area contributed by atoms with Gasteiger partial charge in [-0.1, -0.05) is 45.0 Å². The molecule has 0 unspecified atom stereocenters. The van der Waals surface area contributed by atoms with Gasteiger partial charge in [0.15, 0.2) is 0 Å². The van der Waals surface area contributed by atoms with Gasteiger partial charge in [-0.15, -0.1) is 0 Å². The summed E-state index contributed by atoms with van der Waals surface area (Å²) < 4.78 is 5.22. The van der Waals surface area contributed by atoms with E-state index in [4.69, 9.17) is 4.74 Å². The topological polar surface area (TPSA) is 94.2 Å². The molecule has 0 spiro atoms. The number of anilines is 2. The second kappa shape index (κ2) is 13.5. The fraction of sp³-hybridized carbons (Fsp3) is 0.400. The first-order valence-electron chi connectivity index (χ1n) is 15.3. The molecule has 9 heteroatoms. The molecule has 2 fully saturated rings. The van der Waals surface area contributed by atoms with Gasteiger partial charge in [-0.2, -0.15) is 0 Å². The van der Waals surface area contributed by atoms with E-state index < -0.39 is 0 Å². The van der Waals surface area contributed by atoms with E-state index in [0.717, 1.165) is 35.7 Å².